The average molecular weight is 291 g/mol. The van der Waals surface area contributed by atoms with Gasteiger partial charge in [0, 0.05) is 13.2 Å². The van der Waals surface area contributed by atoms with Crippen LogP contribution in [0.5, 0.6) is 0 Å². The SMILES string of the molecule is COCC(C)n1c(CCl)nc2cc(F)c(Cl)cc21. The predicted molar refractivity (Wildman–Crippen MR) is 70.8 cm³/mol. The summed E-state index contributed by atoms with van der Waals surface area (Å²) in [5.41, 5.74) is 1.32. The first-order valence-corrected chi connectivity index (χ1v) is 6.40. The number of nitrogens with zero attached hydrogens (tertiary/aromatic N) is 2. The van der Waals surface area contributed by atoms with Crippen LogP contribution in [0.3, 0.4) is 0 Å². The Morgan fingerprint density at radius 2 is 2.22 bits per heavy atom. The maximum Gasteiger partial charge on any atom is 0.144 e. The molecular weight excluding hydrogens is 278 g/mol. The third kappa shape index (κ3) is 2.32. The molecule has 1 atom stereocenters. The Labute approximate surface area is 114 Å². The van der Waals surface area contributed by atoms with Gasteiger partial charge < -0.3 is 9.30 Å². The van der Waals surface area contributed by atoms with Gasteiger partial charge in [-0.1, -0.05) is 11.6 Å². The molecule has 0 aliphatic carbocycles. The zero-order valence-corrected chi connectivity index (χ0v) is 11.6. The van der Waals surface area contributed by atoms with Gasteiger partial charge in [-0.05, 0) is 13.0 Å². The van der Waals surface area contributed by atoms with Crippen LogP contribution in [0.2, 0.25) is 5.02 Å². The van der Waals surface area contributed by atoms with Gasteiger partial charge in [0.1, 0.15) is 11.6 Å². The second kappa shape index (κ2) is 5.43. The van der Waals surface area contributed by atoms with Gasteiger partial charge in [0.2, 0.25) is 0 Å². The largest absolute Gasteiger partial charge is 0.383 e. The highest BCUT2D eigenvalue weighted by Crippen LogP contribution is 2.27. The van der Waals surface area contributed by atoms with E-state index in [2.05, 4.69) is 4.98 Å². The molecule has 0 spiro atoms. The van der Waals surface area contributed by atoms with Crippen molar-refractivity contribution in [2.75, 3.05) is 13.7 Å². The van der Waals surface area contributed by atoms with Crippen LogP contribution < -0.4 is 0 Å². The number of ether oxygens (including phenoxy) is 1. The zero-order valence-electron chi connectivity index (χ0n) is 10.1. The smallest absolute Gasteiger partial charge is 0.144 e. The van der Waals surface area contributed by atoms with E-state index in [9.17, 15) is 4.39 Å². The van der Waals surface area contributed by atoms with Crippen molar-refractivity contribution in [3.63, 3.8) is 0 Å². The molecule has 0 bridgehead atoms. The summed E-state index contributed by atoms with van der Waals surface area (Å²) in [6.45, 7) is 2.50. The Morgan fingerprint density at radius 3 is 2.83 bits per heavy atom. The fourth-order valence-electron chi connectivity index (χ4n) is 2.04. The number of imidazole rings is 1. The average Bonchev–Trinajstić information content (AvgIpc) is 2.68. The minimum absolute atomic E-state index is 0.0512. The summed E-state index contributed by atoms with van der Waals surface area (Å²) >= 11 is 11.7. The lowest BCUT2D eigenvalue weighted by atomic mass is 10.2. The van der Waals surface area contributed by atoms with Crippen molar-refractivity contribution in [2.45, 2.75) is 18.8 Å². The van der Waals surface area contributed by atoms with Crippen LogP contribution in [0.1, 0.15) is 18.8 Å². The quantitative estimate of drug-likeness (QED) is 0.802. The molecule has 0 saturated carbocycles. The number of hydrogen-bond donors (Lipinski definition) is 0. The van der Waals surface area contributed by atoms with Gasteiger partial charge >= 0.3 is 0 Å². The minimum Gasteiger partial charge on any atom is -0.383 e. The molecule has 1 aromatic carbocycles. The Hall–Kier alpha value is -0.840. The highest BCUT2D eigenvalue weighted by atomic mass is 35.5. The van der Waals surface area contributed by atoms with Crippen LogP contribution in [-0.4, -0.2) is 23.3 Å². The van der Waals surface area contributed by atoms with E-state index in [1.807, 2.05) is 11.5 Å². The van der Waals surface area contributed by atoms with Gasteiger partial charge in [0.05, 0.1) is 34.6 Å². The molecule has 0 aliphatic rings. The van der Waals surface area contributed by atoms with Gasteiger partial charge in [-0.3, -0.25) is 0 Å². The van der Waals surface area contributed by atoms with E-state index in [0.29, 0.717) is 17.9 Å². The van der Waals surface area contributed by atoms with E-state index in [-0.39, 0.29) is 16.9 Å². The number of aromatic nitrogens is 2. The Kier molecular flexibility index (Phi) is 4.10. The molecule has 18 heavy (non-hydrogen) atoms. The van der Waals surface area contributed by atoms with Crippen molar-refractivity contribution in [3.05, 3.63) is 28.8 Å². The van der Waals surface area contributed by atoms with Crippen molar-refractivity contribution >= 4 is 34.2 Å². The number of halogens is 3. The molecule has 0 fully saturated rings. The van der Waals surface area contributed by atoms with E-state index in [4.69, 9.17) is 27.9 Å². The standard InChI is InChI=1S/C12H13Cl2FN2O/c1-7(6-18-2)17-11-3-8(14)9(15)4-10(11)16-12(17)5-13/h3-4,7H,5-6H2,1-2H3. The van der Waals surface area contributed by atoms with Crippen LogP contribution in [-0.2, 0) is 10.6 Å². The Bertz CT molecular complexity index is 571. The third-order valence-corrected chi connectivity index (χ3v) is 3.30. The lowest BCUT2D eigenvalue weighted by Gasteiger charge is -2.16. The maximum atomic E-state index is 13.4. The number of fused-ring (bicyclic) bond motifs is 1. The lowest BCUT2D eigenvalue weighted by molar-refractivity contribution is 0.163. The molecule has 0 amide bonds. The number of methoxy groups -OCH3 is 1. The normalized spacial score (nSPS) is 13.2. The van der Waals surface area contributed by atoms with Crippen LogP contribution in [0, 0.1) is 5.82 Å². The van der Waals surface area contributed by atoms with Crippen molar-refractivity contribution < 1.29 is 9.13 Å². The van der Waals surface area contributed by atoms with Crippen LogP contribution in [0.25, 0.3) is 11.0 Å². The summed E-state index contributed by atoms with van der Waals surface area (Å²) in [6.07, 6.45) is 0. The first-order chi connectivity index (χ1) is 8.58. The fraction of sp³-hybridized carbons (Fsp3) is 0.417. The summed E-state index contributed by atoms with van der Waals surface area (Å²) in [4.78, 5) is 4.31. The second-order valence-corrected chi connectivity index (χ2v) is 4.77. The molecular formula is C12H13Cl2FN2O. The summed E-state index contributed by atoms with van der Waals surface area (Å²) < 4.78 is 20.5. The van der Waals surface area contributed by atoms with Gasteiger partial charge in [0.15, 0.2) is 0 Å². The first-order valence-electron chi connectivity index (χ1n) is 5.49. The summed E-state index contributed by atoms with van der Waals surface area (Å²) in [5.74, 6) is 0.453. The number of benzene rings is 1. The molecule has 1 heterocycles. The van der Waals surface area contributed by atoms with Crippen LogP contribution >= 0.6 is 23.2 Å². The highest BCUT2D eigenvalue weighted by molar-refractivity contribution is 6.31. The monoisotopic (exact) mass is 290 g/mol. The van der Waals surface area contributed by atoms with Crippen molar-refractivity contribution in [1.82, 2.24) is 9.55 Å². The van der Waals surface area contributed by atoms with E-state index < -0.39 is 5.82 Å². The van der Waals surface area contributed by atoms with Gasteiger partial charge in [0.25, 0.3) is 0 Å². The highest BCUT2D eigenvalue weighted by Gasteiger charge is 2.17. The molecule has 0 radical (unpaired) electrons. The number of hydrogen-bond acceptors (Lipinski definition) is 2. The molecule has 0 aliphatic heterocycles. The van der Waals surface area contributed by atoms with Crippen LogP contribution in [0.15, 0.2) is 12.1 Å². The molecule has 6 heteroatoms. The van der Waals surface area contributed by atoms with Gasteiger partial charge in [-0.25, -0.2) is 9.37 Å². The van der Waals surface area contributed by atoms with Crippen molar-refractivity contribution in [1.29, 1.82) is 0 Å². The van der Waals surface area contributed by atoms with E-state index in [1.54, 1.807) is 13.2 Å². The molecule has 0 N–H and O–H groups in total. The topological polar surface area (TPSA) is 27.1 Å². The minimum atomic E-state index is -0.477. The van der Waals surface area contributed by atoms with Crippen LogP contribution in [0.4, 0.5) is 4.39 Å². The summed E-state index contributed by atoms with van der Waals surface area (Å²) in [6, 6.07) is 2.95. The van der Waals surface area contributed by atoms with E-state index >= 15 is 0 Å². The summed E-state index contributed by atoms with van der Waals surface area (Å²) in [5, 5.41) is 0.0781. The Morgan fingerprint density at radius 1 is 1.50 bits per heavy atom. The molecule has 2 rings (SSSR count). The van der Waals surface area contributed by atoms with Gasteiger partial charge in [-0.15, -0.1) is 11.6 Å². The maximum absolute atomic E-state index is 13.4. The number of alkyl halides is 1. The molecule has 98 valence electrons. The van der Waals surface area contributed by atoms with Gasteiger partial charge in [-0.2, -0.15) is 0 Å². The second-order valence-electron chi connectivity index (χ2n) is 4.09. The van der Waals surface area contributed by atoms with Crippen molar-refractivity contribution in [2.24, 2.45) is 0 Å². The molecule has 3 nitrogen and oxygen atoms in total. The third-order valence-electron chi connectivity index (χ3n) is 2.77. The lowest BCUT2D eigenvalue weighted by Crippen LogP contribution is -2.13. The molecule has 1 unspecified atom stereocenters. The number of rotatable bonds is 4. The predicted octanol–water partition coefficient (Wildman–Crippen LogP) is 3.78. The van der Waals surface area contributed by atoms with E-state index in [0.717, 1.165) is 5.52 Å². The molecule has 1 aromatic heterocycles. The first kappa shape index (κ1) is 13.6. The molecule has 2 aromatic rings. The summed E-state index contributed by atoms with van der Waals surface area (Å²) in [7, 11) is 1.63. The van der Waals surface area contributed by atoms with Crippen molar-refractivity contribution in [3.8, 4) is 0 Å². The Balaban J connectivity index is 2.64. The zero-order chi connectivity index (χ0) is 13.3. The fourth-order valence-corrected chi connectivity index (χ4v) is 2.39. The van der Waals surface area contributed by atoms with E-state index in [1.165, 1.54) is 6.07 Å². The molecule has 0 saturated heterocycles.